The highest BCUT2D eigenvalue weighted by molar-refractivity contribution is 7.89. The van der Waals surface area contributed by atoms with E-state index in [2.05, 4.69) is 0 Å². The van der Waals surface area contributed by atoms with E-state index in [0.717, 1.165) is 17.7 Å². The Labute approximate surface area is 215 Å². The van der Waals surface area contributed by atoms with Gasteiger partial charge in [-0.15, -0.1) is 0 Å². The van der Waals surface area contributed by atoms with Gasteiger partial charge >= 0.3 is 0 Å². The van der Waals surface area contributed by atoms with Gasteiger partial charge in [-0.2, -0.15) is 0 Å². The number of rotatable bonds is 8. The predicted molar refractivity (Wildman–Crippen MR) is 137 cm³/mol. The second-order valence-electron chi connectivity index (χ2n) is 8.77. The van der Waals surface area contributed by atoms with Gasteiger partial charge in [0.2, 0.25) is 10.0 Å². The molecule has 4 rings (SSSR count). The van der Waals surface area contributed by atoms with Gasteiger partial charge in [-0.05, 0) is 42.3 Å². The molecule has 1 saturated heterocycles. The van der Waals surface area contributed by atoms with Crippen LogP contribution in [0.5, 0.6) is 5.75 Å². The SMILES string of the molecule is COc1ccc(S(=O)(=O)N(C)CCc2ccccc2)cc1N1CCN(C(=O)c2c(F)cccc2F)CC1. The van der Waals surface area contributed by atoms with Crippen LogP contribution in [0.25, 0.3) is 0 Å². The van der Waals surface area contributed by atoms with Crippen LogP contribution >= 0.6 is 0 Å². The summed E-state index contributed by atoms with van der Waals surface area (Å²) in [6, 6.07) is 17.7. The van der Waals surface area contributed by atoms with E-state index >= 15 is 0 Å². The number of anilines is 1. The van der Waals surface area contributed by atoms with Crippen molar-refractivity contribution >= 4 is 21.6 Å². The van der Waals surface area contributed by atoms with E-state index in [1.165, 1.54) is 28.4 Å². The molecule has 0 spiro atoms. The molecule has 3 aromatic rings. The first-order chi connectivity index (χ1) is 17.7. The molecule has 196 valence electrons. The number of hydrogen-bond donors (Lipinski definition) is 0. The minimum Gasteiger partial charge on any atom is -0.495 e. The fourth-order valence-electron chi connectivity index (χ4n) is 4.32. The zero-order chi connectivity index (χ0) is 26.6. The summed E-state index contributed by atoms with van der Waals surface area (Å²) < 4.78 is 61.6. The number of ether oxygens (including phenoxy) is 1. The summed E-state index contributed by atoms with van der Waals surface area (Å²) in [6.07, 6.45) is 0.582. The maximum atomic E-state index is 14.1. The monoisotopic (exact) mass is 529 g/mol. The number of carbonyl (C=O) groups excluding carboxylic acids is 1. The summed E-state index contributed by atoms with van der Waals surface area (Å²) in [6.45, 7) is 1.42. The maximum absolute atomic E-state index is 14.1. The lowest BCUT2D eigenvalue weighted by atomic mass is 10.1. The van der Waals surface area contributed by atoms with Crippen molar-refractivity contribution in [3.63, 3.8) is 0 Å². The average molecular weight is 530 g/mol. The molecule has 7 nitrogen and oxygen atoms in total. The molecule has 1 aliphatic heterocycles. The topological polar surface area (TPSA) is 70.2 Å². The standard InChI is InChI=1S/C27H29F2N3O4S/c1-30(14-13-20-7-4-3-5-8-20)37(34,35)21-11-12-25(36-2)24(19-21)31-15-17-32(18-16-31)27(33)26-22(28)9-6-10-23(26)29/h3-12,19H,13-18H2,1-2H3. The van der Waals surface area contributed by atoms with Crippen molar-refractivity contribution in [3.8, 4) is 5.75 Å². The van der Waals surface area contributed by atoms with Crippen molar-refractivity contribution in [3.05, 3.63) is 89.5 Å². The Morgan fingerprint density at radius 3 is 2.22 bits per heavy atom. The smallest absolute Gasteiger partial charge is 0.259 e. The number of carbonyl (C=O) groups is 1. The van der Waals surface area contributed by atoms with Crippen LogP contribution in [0, 0.1) is 11.6 Å². The minimum atomic E-state index is -3.76. The van der Waals surface area contributed by atoms with Crippen LogP contribution in [0.1, 0.15) is 15.9 Å². The zero-order valence-electron chi connectivity index (χ0n) is 20.7. The van der Waals surface area contributed by atoms with E-state index in [0.29, 0.717) is 37.5 Å². The fraction of sp³-hybridized carbons (Fsp3) is 0.296. The summed E-state index contributed by atoms with van der Waals surface area (Å²) in [5, 5.41) is 0. The van der Waals surface area contributed by atoms with E-state index in [4.69, 9.17) is 4.74 Å². The Morgan fingerprint density at radius 2 is 1.59 bits per heavy atom. The largest absolute Gasteiger partial charge is 0.495 e. The Balaban J connectivity index is 1.49. The molecular formula is C27H29F2N3O4S. The van der Waals surface area contributed by atoms with E-state index in [1.807, 2.05) is 35.2 Å². The molecule has 0 aliphatic carbocycles. The molecule has 1 fully saturated rings. The van der Waals surface area contributed by atoms with E-state index < -0.39 is 33.1 Å². The summed E-state index contributed by atoms with van der Waals surface area (Å²) >= 11 is 0. The number of sulfonamides is 1. The summed E-state index contributed by atoms with van der Waals surface area (Å²) in [7, 11) is -0.712. The third-order valence-corrected chi connectivity index (χ3v) is 8.35. The molecule has 37 heavy (non-hydrogen) atoms. The van der Waals surface area contributed by atoms with Gasteiger partial charge < -0.3 is 14.5 Å². The normalized spacial score (nSPS) is 14.2. The summed E-state index contributed by atoms with van der Waals surface area (Å²) in [4.78, 5) is 16.2. The third-order valence-electron chi connectivity index (χ3n) is 6.50. The number of nitrogens with zero attached hydrogens (tertiary/aromatic N) is 3. The number of benzene rings is 3. The van der Waals surface area contributed by atoms with Crippen LogP contribution < -0.4 is 9.64 Å². The van der Waals surface area contributed by atoms with Crippen molar-refractivity contribution in [2.24, 2.45) is 0 Å². The highest BCUT2D eigenvalue weighted by Crippen LogP contribution is 2.33. The van der Waals surface area contributed by atoms with Crippen LogP contribution in [-0.2, 0) is 16.4 Å². The van der Waals surface area contributed by atoms with Gasteiger partial charge in [-0.3, -0.25) is 4.79 Å². The molecule has 0 N–H and O–H groups in total. The highest BCUT2D eigenvalue weighted by atomic mass is 32.2. The van der Waals surface area contributed by atoms with Crippen molar-refractivity contribution in [1.82, 2.24) is 9.21 Å². The maximum Gasteiger partial charge on any atom is 0.259 e. The first kappa shape index (κ1) is 26.6. The molecule has 0 unspecified atom stereocenters. The Hall–Kier alpha value is -3.50. The first-order valence-electron chi connectivity index (χ1n) is 11.9. The molecule has 3 aromatic carbocycles. The molecule has 0 bridgehead atoms. The van der Waals surface area contributed by atoms with Crippen molar-refractivity contribution in [1.29, 1.82) is 0 Å². The van der Waals surface area contributed by atoms with Crippen LogP contribution in [-0.4, -0.2) is 70.4 Å². The lowest BCUT2D eigenvalue weighted by Gasteiger charge is -2.37. The molecule has 1 amide bonds. The molecule has 0 atom stereocenters. The van der Waals surface area contributed by atoms with Crippen LogP contribution in [0.2, 0.25) is 0 Å². The molecule has 0 radical (unpaired) electrons. The first-order valence-corrected chi connectivity index (χ1v) is 13.3. The number of likely N-dealkylation sites (N-methyl/N-ethyl adjacent to an activating group) is 1. The number of methoxy groups -OCH3 is 1. The van der Waals surface area contributed by atoms with E-state index in [1.54, 1.807) is 19.2 Å². The van der Waals surface area contributed by atoms with E-state index in [9.17, 15) is 22.0 Å². The van der Waals surface area contributed by atoms with Gasteiger partial charge in [-0.25, -0.2) is 21.5 Å². The minimum absolute atomic E-state index is 0.130. The van der Waals surface area contributed by atoms with Crippen LogP contribution in [0.15, 0.2) is 71.6 Å². The molecule has 10 heteroatoms. The van der Waals surface area contributed by atoms with Gasteiger partial charge in [0, 0.05) is 39.8 Å². The Kier molecular flexibility index (Phi) is 8.09. The highest BCUT2D eigenvalue weighted by Gasteiger charge is 2.29. The number of piperazine rings is 1. The summed E-state index contributed by atoms with van der Waals surface area (Å²) in [5.41, 5.74) is 1.05. The van der Waals surface area contributed by atoms with Gasteiger partial charge in [0.15, 0.2) is 0 Å². The Morgan fingerprint density at radius 1 is 0.946 bits per heavy atom. The number of halogens is 2. The third kappa shape index (κ3) is 5.75. The quantitative estimate of drug-likeness (QED) is 0.444. The molecular weight excluding hydrogens is 500 g/mol. The van der Waals surface area contributed by atoms with E-state index in [-0.39, 0.29) is 18.0 Å². The van der Waals surface area contributed by atoms with Gasteiger partial charge in [0.1, 0.15) is 22.9 Å². The predicted octanol–water partition coefficient (Wildman–Crippen LogP) is 3.80. The summed E-state index contributed by atoms with van der Waals surface area (Å²) in [5.74, 6) is -2.02. The molecule has 0 saturated carbocycles. The average Bonchev–Trinajstić information content (AvgIpc) is 2.91. The van der Waals surface area contributed by atoms with Crippen molar-refractivity contribution in [2.45, 2.75) is 11.3 Å². The molecule has 1 heterocycles. The number of amides is 1. The second kappa shape index (κ2) is 11.3. The van der Waals surface area contributed by atoms with Gasteiger partial charge in [0.25, 0.3) is 5.91 Å². The van der Waals surface area contributed by atoms with Crippen molar-refractivity contribution < 1.29 is 26.7 Å². The van der Waals surface area contributed by atoms with Crippen molar-refractivity contribution in [2.75, 3.05) is 51.8 Å². The van der Waals surface area contributed by atoms with Crippen LogP contribution in [0.3, 0.4) is 0 Å². The van der Waals surface area contributed by atoms with Gasteiger partial charge in [-0.1, -0.05) is 36.4 Å². The Bertz CT molecular complexity index is 1340. The lowest BCUT2D eigenvalue weighted by Crippen LogP contribution is -2.49. The molecule has 1 aliphatic rings. The van der Waals surface area contributed by atoms with Gasteiger partial charge in [0.05, 0.1) is 17.7 Å². The molecule has 0 aromatic heterocycles. The fourth-order valence-corrected chi connectivity index (χ4v) is 5.51. The second-order valence-corrected chi connectivity index (χ2v) is 10.8. The number of hydrogen-bond acceptors (Lipinski definition) is 5. The lowest BCUT2D eigenvalue weighted by molar-refractivity contribution is 0.0737. The van der Waals surface area contributed by atoms with Crippen LogP contribution in [0.4, 0.5) is 14.5 Å². The zero-order valence-corrected chi connectivity index (χ0v) is 21.5.